The molecule has 0 aliphatic carbocycles. The summed E-state index contributed by atoms with van der Waals surface area (Å²) in [5.74, 6) is 0.157. The highest BCUT2D eigenvalue weighted by molar-refractivity contribution is 7.91. The first kappa shape index (κ1) is 10.1. The Morgan fingerprint density at radius 2 is 2.20 bits per heavy atom. The van der Waals surface area contributed by atoms with Crippen LogP contribution in [-0.2, 0) is 27.6 Å². The zero-order valence-corrected chi connectivity index (χ0v) is 8.75. The van der Waals surface area contributed by atoms with E-state index >= 15 is 0 Å². The minimum absolute atomic E-state index is 0.157. The third-order valence-electron chi connectivity index (χ3n) is 2.50. The lowest BCUT2D eigenvalue weighted by atomic mass is 10.1. The monoisotopic (exact) mass is 223 g/mol. The molecule has 0 unspecified atom stereocenters. The number of benzene rings is 1. The van der Waals surface area contributed by atoms with E-state index in [1.54, 1.807) is 18.2 Å². The Hall–Kier alpha value is -1.45. The zero-order valence-electron chi connectivity index (χ0n) is 7.93. The summed E-state index contributed by atoms with van der Waals surface area (Å²) in [4.78, 5) is 13.9. The maximum atomic E-state index is 11.6. The summed E-state index contributed by atoms with van der Waals surface area (Å²) in [6.45, 7) is 0.211. The molecule has 0 atom stereocenters. The van der Waals surface area contributed by atoms with Gasteiger partial charge in [0.2, 0.25) is 6.08 Å². The zero-order chi connectivity index (χ0) is 10.9. The highest BCUT2D eigenvalue weighted by Gasteiger charge is 2.27. The lowest BCUT2D eigenvalue weighted by Gasteiger charge is -2.02. The number of sulfone groups is 1. The Morgan fingerprint density at radius 3 is 2.93 bits per heavy atom. The van der Waals surface area contributed by atoms with Crippen molar-refractivity contribution in [2.24, 2.45) is 4.99 Å². The molecule has 4 nitrogen and oxygen atoms in total. The standard InChI is InChI=1S/C10H9NO3S/c12-7-11-6-8-2-1-3-10-9(8)4-5-15(10,13)14/h1-3H,4-6H2. The van der Waals surface area contributed by atoms with Crippen molar-refractivity contribution in [1.82, 2.24) is 0 Å². The number of hydrogen-bond acceptors (Lipinski definition) is 4. The van der Waals surface area contributed by atoms with Gasteiger partial charge >= 0.3 is 0 Å². The molecule has 0 amide bonds. The minimum Gasteiger partial charge on any atom is -0.224 e. The third-order valence-corrected chi connectivity index (χ3v) is 4.29. The summed E-state index contributed by atoms with van der Waals surface area (Å²) in [6.07, 6.45) is 1.97. The molecule has 1 aromatic carbocycles. The Labute approximate surface area is 87.6 Å². The van der Waals surface area contributed by atoms with Crippen LogP contribution in [0.15, 0.2) is 28.1 Å². The smallest absolute Gasteiger partial charge is 0.224 e. The van der Waals surface area contributed by atoms with Crippen molar-refractivity contribution in [3.8, 4) is 0 Å². The molecule has 0 bridgehead atoms. The van der Waals surface area contributed by atoms with Gasteiger partial charge < -0.3 is 0 Å². The van der Waals surface area contributed by atoms with Crippen molar-refractivity contribution in [2.75, 3.05) is 5.75 Å². The fraction of sp³-hybridized carbons (Fsp3) is 0.300. The number of isocyanates is 1. The summed E-state index contributed by atoms with van der Waals surface area (Å²) in [5.41, 5.74) is 1.61. The van der Waals surface area contributed by atoms with Gasteiger partial charge in [0, 0.05) is 0 Å². The van der Waals surface area contributed by atoms with Crippen molar-refractivity contribution in [3.05, 3.63) is 29.3 Å². The van der Waals surface area contributed by atoms with Crippen molar-refractivity contribution in [3.63, 3.8) is 0 Å². The average Bonchev–Trinajstić information content (AvgIpc) is 2.53. The fourth-order valence-corrected chi connectivity index (χ4v) is 3.39. The van der Waals surface area contributed by atoms with Gasteiger partial charge in [0.05, 0.1) is 17.2 Å². The van der Waals surface area contributed by atoms with Crippen molar-refractivity contribution in [1.29, 1.82) is 0 Å². The Balaban J connectivity index is 2.54. The van der Waals surface area contributed by atoms with Crippen LogP contribution in [0.4, 0.5) is 0 Å². The number of fused-ring (bicyclic) bond motifs is 1. The highest BCUT2D eigenvalue weighted by atomic mass is 32.2. The largest absolute Gasteiger partial charge is 0.235 e. The van der Waals surface area contributed by atoms with Crippen molar-refractivity contribution in [2.45, 2.75) is 17.9 Å². The van der Waals surface area contributed by atoms with Crippen LogP contribution in [0.1, 0.15) is 11.1 Å². The molecule has 2 rings (SSSR count). The Bertz CT molecular complexity index is 542. The molecular formula is C10H9NO3S. The molecule has 0 N–H and O–H groups in total. The normalized spacial score (nSPS) is 16.8. The molecule has 1 aromatic rings. The number of hydrogen-bond donors (Lipinski definition) is 0. The minimum atomic E-state index is -3.09. The van der Waals surface area contributed by atoms with Crippen LogP contribution in [0.2, 0.25) is 0 Å². The SMILES string of the molecule is O=C=NCc1cccc2c1CCS2(=O)=O. The summed E-state index contributed by atoms with van der Waals surface area (Å²) >= 11 is 0. The van der Waals surface area contributed by atoms with Crippen LogP contribution in [-0.4, -0.2) is 20.3 Å². The van der Waals surface area contributed by atoms with Gasteiger partial charge in [-0.15, -0.1) is 0 Å². The van der Waals surface area contributed by atoms with Crippen LogP contribution in [0.5, 0.6) is 0 Å². The molecule has 0 fully saturated rings. The second-order valence-corrected chi connectivity index (χ2v) is 5.45. The molecule has 78 valence electrons. The van der Waals surface area contributed by atoms with Gasteiger partial charge in [0.15, 0.2) is 9.84 Å². The molecule has 1 aliphatic heterocycles. The summed E-state index contributed by atoms with van der Waals surface area (Å²) in [6, 6.07) is 5.07. The van der Waals surface area contributed by atoms with Crippen molar-refractivity contribution < 1.29 is 13.2 Å². The summed E-state index contributed by atoms with van der Waals surface area (Å²) < 4.78 is 23.1. The van der Waals surface area contributed by atoms with E-state index in [2.05, 4.69) is 4.99 Å². The van der Waals surface area contributed by atoms with E-state index in [1.165, 1.54) is 6.08 Å². The molecular weight excluding hydrogens is 214 g/mol. The van der Waals surface area contributed by atoms with E-state index < -0.39 is 9.84 Å². The van der Waals surface area contributed by atoms with Gasteiger partial charge in [-0.3, -0.25) is 0 Å². The topological polar surface area (TPSA) is 63.6 Å². The number of nitrogens with zero attached hydrogens (tertiary/aromatic N) is 1. The van der Waals surface area contributed by atoms with Gasteiger partial charge in [-0.1, -0.05) is 12.1 Å². The fourth-order valence-electron chi connectivity index (χ4n) is 1.80. The van der Waals surface area contributed by atoms with E-state index in [-0.39, 0.29) is 12.3 Å². The van der Waals surface area contributed by atoms with Gasteiger partial charge in [-0.2, -0.15) is 0 Å². The van der Waals surface area contributed by atoms with Crippen LogP contribution in [0.25, 0.3) is 0 Å². The molecule has 1 heterocycles. The molecule has 0 aromatic heterocycles. The first-order chi connectivity index (χ1) is 7.15. The predicted molar refractivity (Wildman–Crippen MR) is 54.0 cm³/mol. The lowest BCUT2D eigenvalue weighted by Crippen LogP contribution is -1.98. The summed E-state index contributed by atoms with van der Waals surface area (Å²) in [7, 11) is -3.09. The van der Waals surface area contributed by atoms with Gasteiger partial charge in [0.1, 0.15) is 0 Å². The summed E-state index contributed by atoms with van der Waals surface area (Å²) in [5, 5.41) is 0. The lowest BCUT2D eigenvalue weighted by molar-refractivity contribution is 0.562. The van der Waals surface area contributed by atoms with Crippen LogP contribution < -0.4 is 0 Å². The number of aliphatic imine (C=N–C) groups is 1. The average molecular weight is 223 g/mol. The molecule has 0 spiro atoms. The predicted octanol–water partition coefficient (Wildman–Crippen LogP) is 0.852. The van der Waals surface area contributed by atoms with Gasteiger partial charge in [-0.05, 0) is 23.6 Å². The molecule has 0 saturated heterocycles. The maximum Gasteiger partial charge on any atom is 0.235 e. The van der Waals surface area contributed by atoms with E-state index in [9.17, 15) is 13.2 Å². The van der Waals surface area contributed by atoms with Crippen LogP contribution >= 0.6 is 0 Å². The quantitative estimate of drug-likeness (QED) is 0.551. The van der Waals surface area contributed by atoms with Gasteiger partial charge in [0.25, 0.3) is 0 Å². The third kappa shape index (κ3) is 1.71. The van der Waals surface area contributed by atoms with Gasteiger partial charge in [-0.25, -0.2) is 18.2 Å². The van der Waals surface area contributed by atoms with E-state index in [0.29, 0.717) is 11.3 Å². The molecule has 0 saturated carbocycles. The van der Waals surface area contributed by atoms with Crippen molar-refractivity contribution >= 4 is 15.9 Å². The molecule has 15 heavy (non-hydrogen) atoms. The number of carbonyl (C=O) groups excluding carboxylic acids is 1. The van der Waals surface area contributed by atoms with Crippen LogP contribution in [0, 0.1) is 0 Å². The first-order valence-electron chi connectivity index (χ1n) is 4.52. The van der Waals surface area contributed by atoms with E-state index in [0.717, 1.165) is 11.1 Å². The second-order valence-electron chi connectivity index (χ2n) is 3.37. The molecule has 0 radical (unpaired) electrons. The van der Waals surface area contributed by atoms with Crippen LogP contribution in [0.3, 0.4) is 0 Å². The molecule has 5 heteroatoms. The maximum absolute atomic E-state index is 11.6. The van der Waals surface area contributed by atoms with E-state index in [1.807, 2.05) is 0 Å². The number of rotatable bonds is 2. The Morgan fingerprint density at radius 1 is 1.40 bits per heavy atom. The molecule has 1 aliphatic rings. The Kier molecular flexibility index (Phi) is 2.42. The second kappa shape index (κ2) is 3.61. The highest BCUT2D eigenvalue weighted by Crippen LogP contribution is 2.28. The van der Waals surface area contributed by atoms with E-state index in [4.69, 9.17) is 0 Å². The first-order valence-corrected chi connectivity index (χ1v) is 6.17.